The predicted molar refractivity (Wildman–Crippen MR) is 85.5 cm³/mol. The van der Waals surface area contributed by atoms with Crippen LogP contribution in [-0.4, -0.2) is 16.6 Å². The SMILES string of the molecule is CC(C)(C)OC(=O)c1ccc(N)c(NCc2cscn2)c1. The number of hydrogen-bond donors (Lipinski definition) is 2. The van der Waals surface area contributed by atoms with Crippen molar-refractivity contribution >= 4 is 28.7 Å². The first-order valence-electron chi connectivity index (χ1n) is 6.59. The fraction of sp³-hybridized carbons (Fsp3) is 0.333. The largest absolute Gasteiger partial charge is 0.456 e. The lowest BCUT2D eigenvalue weighted by atomic mass is 10.1. The molecule has 2 aromatic rings. The van der Waals surface area contributed by atoms with E-state index in [4.69, 9.17) is 10.5 Å². The van der Waals surface area contributed by atoms with Crippen LogP contribution in [0.4, 0.5) is 11.4 Å². The van der Waals surface area contributed by atoms with Crippen molar-refractivity contribution in [1.82, 2.24) is 4.98 Å². The molecule has 1 heterocycles. The lowest BCUT2D eigenvalue weighted by molar-refractivity contribution is 0.00696. The van der Waals surface area contributed by atoms with Crippen LogP contribution < -0.4 is 11.1 Å². The molecule has 0 atom stereocenters. The Morgan fingerprint density at radius 1 is 1.43 bits per heavy atom. The average molecular weight is 305 g/mol. The topological polar surface area (TPSA) is 77.2 Å². The molecule has 0 amide bonds. The Morgan fingerprint density at radius 3 is 2.81 bits per heavy atom. The number of aromatic nitrogens is 1. The molecule has 0 unspecified atom stereocenters. The van der Waals surface area contributed by atoms with Gasteiger partial charge in [0, 0.05) is 5.38 Å². The highest BCUT2D eigenvalue weighted by Gasteiger charge is 2.18. The zero-order valence-corrected chi connectivity index (χ0v) is 13.2. The number of nitrogens with two attached hydrogens (primary N) is 1. The Kier molecular flexibility index (Phi) is 4.47. The number of esters is 1. The summed E-state index contributed by atoms with van der Waals surface area (Å²) in [5.74, 6) is -0.362. The van der Waals surface area contributed by atoms with Crippen LogP contribution in [0.25, 0.3) is 0 Å². The van der Waals surface area contributed by atoms with E-state index in [0.717, 1.165) is 5.69 Å². The van der Waals surface area contributed by atoms with Crippen molar-refractivity contribution in [2.45, 2.75) is 32.9 Å². The molecule has 0 aliphatic heterocycles. The maximum Gasteiger partial charge on any atom is 0.338 e. The monoisotopic (exact) mass is 305 g/mol. The Labute approximate surface area is 128 Å². The van der Waals surface area contributed by atoms with Crippen LogP contribution in [-0.2, 0) is 11.3 Å². The number of anilines is 2. The molecule has 6 heteroatoms. The molecular weight excluding hydrogens is 286 g/mol. The predicted octanol–water partition coefficient (Wildman–Crippen LogP) is 3.29. The number of ether oxygens (including phenoxy) is 1. The zero-order chi connectivity index (χ0) is 15.5. The summed E-state index contributed by atoms with van der Waals surface area (Å²) in [6, 6.07) is 5.07. The summed E-state index contributed by atoms with van der Waals surface area (Å²) in [4.78, 5) is 16.2. The first-order valence-corrected chi connectivity index (χ1v) is 7.53. The van der Waals surface area contributed by atoms with Gasteiger partial charge in [-0.2, -0.15) is 0 Å². The second-order valence-electron chi connectivity index (χ2n) is 5.64. The van der Waals surface area contributed by atoms with Gasteiger partial charge in [0.15, 0.2) is 0 Å². The molecular formula is C15H19N3O2S. The maximum absolute atomic E-state index is 12.1. The summed E-state index contributed by atoms with van der Waals surface area (Å²) in [5, 5.41) is 5.14. The molecule has 3 N–H and O–H groups in total. The van der Waals surface area contributed by atoms with Crippen LogP contribution in [0.15, 0.2) is 29.1 Å². The number of thiazole rings is 1. The quantitative estimate of drug-likeness (QED) is 0.669. The van der Waals surface area contributed by atoms with Gasteiger partial charge in [-0.1, -0.05) is 0 Å². The smallest absolute Gasteiger partial charge is 0.338 e. The molecule has 21 heavy (non-hydrogen) atoms. The van der Waals surface area contributed by atoms with Crippen molar-refractivity contribution in [3.05, 3.63) is 40.3 Å². The van der Waals surface area contributed by atoms with E-state index in [0.29, 0.717) is 23.5 Å². The Bertz CT molecular complexity index is 618. The molecule has 0 aliphatic rings. The molecule has 0 bridgehead atoms. The first kappa shape index (κ1) is 15.3. The molecule has 0 radical (unpaired) electrons. The number of rotatable bonds is 4. The van der Waals surface area contributed by atoms with Crippen molar-refractivity contribution < 1.29 is 9.53 Å². The number of nitrogens with zero attached hydrogens (tertiary/aromatic N) is 1. The molecule has 0 saturated heterocycles. The van der Waals surface area contributed by atoms with E-state index in [2.05, 4.69) is 10.3 Å². The summed E-state index contributed by atoms with van der Waals surface area (Å²) < 4.78 is 5.35. The molecule has 0 saturated carbocycles. The minimum Gasteiger partial charge on any atom is -0.456 e. The summed E-state index contributed by atoms with van der Waals surface area (Å²) in [6.45, 7) is 6.07. The van der Waals surface area contributed by atoms with E-state index >= 15 is 0 Å². The maximum atomic E-state index is 12.1. The van der Waals surface area contributed by atoms with Crippen LogP contribution in [0.1, 0.15) is 36.8 Å². The summed E-state index contributed by atoms with van der Waals surface area (Å²) in [6.07, 6.45) is 0. The second-order valence-corrected chi connectivity index (χ2v) is 6.36. The van der Waals surface area contributed by atoms with Gasteiger partial charge < -0.3 is 15.8 Å². The highest BCUT2D eigenvalue weighted by atomic mass is 32.1. The van der Waals surface area contributed by atoms with Gasteiger partial charge in [-0.25, -0.2) is 9.78 Å². The molecule has 1 aromatic carbocycles. The second kappa shape index (κ2) is 6.13. The van der Waals surface area contributed by atoms with E-state index in [-0.39, 0.29) is 5.97 Å². The third kappa shape index (κ3) is 4.46. The van der Waals surface area contributed by atoms with Crippen LogP contribution in [0.3, 0.4) is 0 Å². The molecule has 1 aromatic heterocycles. The average Bonchev–Trinajstić information content (AvgIpc) is 2.88. The third-order valence-corrected chi connectivity index (χ3v) is 3.27. The molecule has 0 aliphatic carbocycles. The first-order chi connectivity index (χ1) is 9.85. The van der Waals surface area contributed by atoms with E-state index in [1.165, 1.54) is 11.3 Å². The minimum absolute atomic E-state index is 0.362. The highest BCUT2D eigenvalue weighted by Crippen LogP contribution is 2.22. The summed E-state index contributed by atoms with van der Waals surface area (Å²) in [7, 11) is 0. The van der Waals surface area contributed by atoms with Crippen LogP contribution in [0.2, 0.25) is 0 Å². The minimum atomic E-state index is -0.521. The van der Waals surface area contributed by atoms with Crippen LogP contribution in [0.5, 0.6) is 0 Å². The Balaban J connectivity index is 2.11. The standard InChI is InChI=1S/C15H19N3O2S/c1-15(2,3)20-14(19)10-4-5-12(16)13(6-10)17-7-11-8-21-9-18-11/h4-6,8-9,17H,7,16H2,1-3H3. The van der Waals surface area contributed by atoms with Gasteiger partial charge in [-0.05, 0) is 39.0 Å². The highest BCUT2D eigenvalue weighted by molar-refractivity contribution is 7.07. The van der Waals surface area contributed by atoms with Gasteiger partial charge in [0.1, 0.15) is 5.60 Å². The van der Waals surface area contributed by atoms with E-state index < -0.39 is 5.60 Å². The fourth-order valence-electron chi connectivity index (χ4n) is 1.68. The number of nitrogen functional groups attached to an aromatic ring is 1. The Hall–Kier alpha value is -2.08. The van der Waals surface area contributed by atoms with E-state index in [1.807, 2.05) is 26.2 Å². The number of carbonyl (C=O) groups excluding carboxylic acids is 1. The zero-order valence-electron chi connectivity index (χ0n) is 12.3. The number of nitrogens with one attached hydrogen (secondary N) is 1. The molecule has 112 valence electrons. The lowest BCUT2D eigenvalue weighted by Crippen LogP contribution is -2.24. The van der Waals surface area contributed by atoms with E-state index in [9.17, 15) is 4.79 Å². The van der Waals surface area contributed by atoms with Crippen molar-refractivity contribution in [1.29, 1.82) is 0 Å². The third-order valence-electron chi connectivity index (χ3n) is 2.63. The molecule has 0 spiro atoms. The van der Waals surface area contributed by atoms with Crippen molar-refractivity contribution in [3.63, 3.8) is 0 Å². The van der Waals surface area contributed by atoms with Crippen molar-refractivity contribution in [3.8, 4) is 0 Å². The van der Waals surface area contributed by atoms with E-state index in [1.54, 1.807) is 23.7 Å². The molecule has 0 fully saturated rings. The van der Waals surface area contributed by atoms with Gasteiger partial charge in [-0.15, -0.1) is 11.3 Å². The van der Waals surface area contributed by atoms with Crippen molar-refractivity contribution in [2.24, 2.45) is 0 Å². The molecule has 2 rings (SSSR count). The van der Waals surface area contributed by atoms with Gasteiger partial charge in [-0.3, -0.25) is 0 Å². The Morgan fingerprint density at radius 2 is 2.19 bits per heavy atom. The number of hydrogen-bond acceptors (Lipinski definition) is 6. The van der Waals surface area contributed by atoms with Gasteiger partial charge >= 0.3 is 5.97 Å². The van der Waals surface area contributed by atoms with Gasteiger partial charge in [0.05, 0.1) is 34.7 Å². The lowest BCUT2D eigenvalue weighted by Gasteiger charge is -2.20. The van der Waals surface area contributed by atoms with Crippen LogP contribution in [0, 0.1) is 0 Å². The normalized spacial score (nSPS) is 11.2. The van der Waals surface area contributed by atoms with Crippen LogP contribution >= 0.6 is 11.3 Å². The molecule has 5 nitrogen and oxygen atoms in total. The van der Waals surface area contributed by atoms with Crippen molar-refractivity contribution in [2.75, 3.05) is 11.1 Å². The van der Waals surface area contributed by atoms with Gasteiger partial charge in [0.2, 0.25) is 0 Å². The number of benzene rings is 1. The summed E-state index contributed by atoms with van der Waals surface area (Å²) in [5.41, 5.74) is 9.86. The van der Waals surface area contributed by atoms with Gasteiger partial charge in [0.25, 0.3) is 0 Å². The number of carbonyl (C=O) groups is 1. The summed E-state index contributed by atoms with van der Waals surface area (Å²) >= 11 is 1.54. The fourth-order valence-corrected chi connectivity index (χ4v) is 2.24.